The average Bonchev–Trinajstić information content (AvgIpc) is 2.70. The van der Waals surface area contributed by atoms with Crippen LogP contribution in [-0.4, -0.2) is 26.1 Å². The van der Waals surface area contributed by atoms with Crippen LogP contribution in [0.25, 0.3) is 12.2 Å². The lowest BCUT2D eigenvalue weighted by atomic mass is 10.1. The van der Waals surface area contributed by atoms with Gasteiger partial charge in [0.05, 0.1) is 14.2 Å². The van der Waals surface area contributed by atoms with E-state index in [1.165, 1.54) is 0 Å². The lowest BCUT2D eigenvalue weighted by molar-refractivity contribution is -0.209. The molecule has 0 spiro atoms. The summed E-state index contributed by atoms with van der Waals surface area (Å²) < 4.78 is 22.3. The standard InChI is InChI=1S/C24H26O4/c1-24(2)27-22(15-9-18-5-11-20(25-3)12-6-18)17-23(28-24)16-10-19-7-13-21(26-4)14-8-19/h5-17,22H,1-4H3/b15-9+,16-10+. The monoisotopic (exact) mass is 378 g/mol. The molecule has 1 heterocycles. The molecule has 0 saturated heterocycles. The van der Waals surface area contributed by atoms with Gasteiger partial charge in [0.15, 0.2) is 0 Å². The first-order valence-electron chi connectivity index (χ1n) is 9.20. The zero-order chi connectivity index (χ0) is 20.0. The van der Waals surface area contributed by atoms with E-state index < -0.39 is 5.79 Å². The molecule has 4 nitrogen and oxygen atoms in total. The highest BCUT2D eigenvalue weighted by atomic mass is 16.7. The summed E-state index contributed by atoms with van der Waals surface area (Å²) >= 11 is 0. The van der Waals surface area contributed by atoms with Gasteiger partial charge in [0, 0.05) is 13.8 Å². The van der Waals surface area contributed by atoms with Crippen molar-refractivity contribution in [3.8, 4) is 11.5 Å². The summed E-state index contributed by atoms with van der Waals surface area (Å²) in [5.41, 5.74) is 2.15. The van der Waals surface area contributed by atoms with Gasteiger partial charge in [-0.05, 0) is 47.5 Å². The Bertz CT molecular complexity index is 858. The Labute approximate surface area is 166 Å². The molecule has 0 aromatic heterocycles. The molecule has 2 aromatic rings. The Kier molecular flexibility index (Phi) is 6.22. The van der Waals surface area contributed by atoms with E-state index in [0.29, 0.717) is 0 Å². The van der Waals surface area contributed by atoms with Crippen molar-refractivity contribution in [3.63, 3.8) is 0 Å². The number of ether oxygens (including phenoxy) is 4. The fourth-order valence-electron chi connectivity index (χ4n) is 2.86. The Morgan fingerprint density at radius 2 is 1.32 bits per heavy atom. The second kappa shape index (κ2) is 8.81. The summed E-state index contributed by atoms with van der Waals surface area (Å²) in [4.78, 5) is 0. The molecule has 2 aromatic carbocycles. The summed E-state index contributed by atoms with van der Waals surface area (Å²) in [6.45, 7) is 3.82. The minimum atomic E-state index is -0.705. The van der Waals surface area contributed by atoms with Gasteiger partial charge in [-0.25, -0.2) is 0 Å². The Balaban J connectivity index is 1.73. The van der Waals surface area contributed by atoms with Gasteiger partial charge in [-0.1, -0.05) is 42.5 Å². The van der Waals surface area contributed by atoms with Gasteiger partial charge >= 0.3 is 0 Å². The Morgan fingerprint density at radius 3 is 1.86 bits per heavy atom. The number of hydrogen-bond acceptors (Lipinski definition) is 4. The Hall–Kier alpha value is -2.98. The maximum absolute atomic E-state index is 5.99. The number of hydrogen-bond donors (Lipinski definition) is 0. The Morgan fingerprint density at radius 1 is 0.786 bits per heavy atom. The third-order valence-electron chi connectivity index (χ3n) is 4.26. The lowest BCUT2D eigenvalue weighted by Gasteiger charge is -2.34. The van der Waals surface area contributed by atoms with Crippen molar-refractivity contribution in [2.75, 3.05) is 14.2 Å². The van der Waals surface area contributed by atoms with Crippen molar-refractivity contribution < 1.29 is 18.9 Å². The van der Waals surface area contributed by atoms with Gasteiger partial charge in [-0.2, -0.15) is 0 Å². The lowest BCUT2D eigenvalue weighted by Crippen LogP contribution is -2.35. The van der Waals surface area contributed by atoms with E-state index in [0.717, 1.165) is 28.4 Å². The summed E-state index contributed by atoms with van der Waals surface area (Å²) in [6, 6.07) is 15.8. The molecule has 28 heavy (non-hydrogen) atoms. The third kappa shape index (κ3) is 5.51. The molecular formula is C24H26O4. The summed E-state index contributed by atoms with van der Waals surface area (Å²) in [5, 5.41) is 0. The van der Waals surface area contributed by atoms with Gasteiger partial charge < -0.3 is 18.9 Å². The third-order valence-corrected chi connectivity index (χ3v) is 4.26. The molecule has 0 saturated carbocycles. The molecule has 0 amide bonds. The minimum Gasteiger partial charge on any atom is -0.497 e. The topological polar surface area (TPSA) is 36.9 Å². The molecule has 1 unspecified atom stereocenters. The van der Waals surface area contributed by atoms with Crippen LogP contribution in [0.5, 0.6) is 11.5 Å². The molecular weight excluding hydrogens is 352 g/mol. The van der Waals surface area contributed by atoms with Gasteiger partial charge in [-0.3, -0.25) is 0 Å². The average molecular weight is 378 g/mol. The minimum absolute atomic E-state index is 0.179. The van der Waals surface area contributed by atoms with Gasteiger partial charge in [0.2, 0.25) is 5.79 Å². The largest absolute Gasteiger partial charge is 0.497 e. The molecule has 0 bridgehead atoms. The maximum Gasteiger partial charge on any atom is 0.205 e. The van der Waals surface area contributed by atoms with Crippen molar-refractivity contribution in [2.45, 2.75) is 25.7 Å². The molecule has 4 heteroatoms. The van der Waals surface area contributed by atoms with E-state index in [9.17, 15) is 0 Å². The van der Waals surface area contributed by atoms with Crippen molar-refractivity contribution in [1.82, 2.24) is 0 Å². The van der Waals surface area contributed by atoms with Crippen molar-refractivity contribution in [1.29, 1.82) is 0 Å². The smallest absolute Gasteiger partial charge is 0.205 e. The highest BCUT2D eigenvalue weighted by Crippen LogP contribution is 2.27. The van der Waals surface area contributed by atoms with Gasteiger partial charge in [-0.15, -0.1) is 0 Å². The fraction of sp³-hybridized carbons (Fsp3) is 0.250. The number of allylic oxidation sites excluding steroid dienone is 1. The molecule has 0 N–H and O–H groups in total. The van der Waals surface area contributed by atoms with Crippen LogP contribution in [0.2, 0.25) is 0 Å². The first-order valence-corrected chi connectivity index (χ1v) is 9.20. The first-order chi connectivity index (χ1) is 13.5. The van der Waals surface area contributed by atoms with E-state index >= 15 is 0 Å². The maximum atomic E-state index is 5.99. The van der Waals surface area contributed by atoms with E-state index in [1.807, 2.05) is 92.8 Å². The molecule has 1 atom stereocenters. The van der Waals surface area contributed by atoms with Crippen LogP contribution in [0.4, 0.5) is 0 Å². The number of methoxy groups -OCH3 is 2. The van der Waals surface area contributed by atoms with E-state index in [4.69, 9.17) is 18.9 Å². The van der Waals surface area contributed by atoms with E-state index in [1.54, 1.807) is 14.2 Å². The molecule has 0 radical (unpaired) electrons. The van der Waals surface area contributed by atoms with Crippen LogP contribution in [0.3, 0.4) is 0 Å². The van der Waals surface area contributed by atoms with Gasteiger partial charge in [0.25, 0.3) is 0 Å². The zero-order valence-electron chi connectivity index (χ0n) is 16.7. The fourth-order valence-corrected chi connectivity index (χ4v) is 2.86. The summed E-state index contributed by atoms with van der Waals surface area (Å²) in [7, 11) is 3.32. The predicted molar refractivity (Wildman–Crippen MR) is 112 cm³/mol. The molecule has 3 rings (SSSR count). The molecule has 1 aliphatic rings. The van der Waals surface area contributed by atoms with Crippen LogP contribution in [0, 0.1) is 0 Å². The SMILES string of the molecule is COc1ccc(/C=C/C2=CC(/C=C/c3ccc(OC)cc3)OC(C)(C)O2)cc1. The van der Waals surface area contributed by atoms with Crippen molar-refractivity contribution in [3.05, 3.63) is 83.6 Å². The molecule has 0 aliphatic carbocycles. The zero-order valence-corrected chi connectivity index (χ0v) is 16.7. The van der Waals surface area contributed by atoms with Crippen LogP contribution in [-0.2, 0) is 9.47 Å². The first kappa shape index (κ1) is 19.8. The highest BCUT2D eigenvalue weighted by Gasteiger charge is 2.28. The predicted octanol–water partition coefficient (Wildman–Crippen LogP) is 5.47. The number of rotatable bonds is 6. The van der Waals surface area contributed by atoms with Gasteiger partial charge in [0.1, 0.15) is 23.4 Å². The second-order valence-corrected chi connectivity index (χ2v) is 6.89. The summed E-state index contributed by atoms with van der Waals surface area (Å²) in [5.74, 6) is 1.75. The van der Waals surface area contributed by atoms with Crippen LogP contribution < -0.4 is 9.47 Å². The molecule has 1 aliphatic heterocycles. The van der Waals surface area contributed by atoms with Crippen LogP contribution in [0.1, 0.15) is 25.0 Å². The number of benzene rings is 2. The molecule has 0 fully saturated rings. The molecule has 146 valence electrons. The van der Waals surface area contributed by atoms with Crippen molar-refractivity contribution in [2.24, 2.45) is 0 Å². The summed E-state index contributed by atoms with van der Waals surface area (Å²) in [6.07, 6.45) is 9.81. The van der Waals surface area contributed by atoms with E-state index in [-0.39, 0.29) is 6.10 Å². The second-order valence-electron chi connectivity index (χ2n) is 6.89. The van der Waals surface area contributed by atoms with Crippen molar-refractivity contribution >= 4 is 12.2 Å². The normalized spacial score (nSPS) is 18.7. The highest BCUT2D eigenvalue weighted by molar-refractivity contribution is 5.54. The van der Waals surface area contributed by atoms with Crippen LogP contribution in [0.15, 0.2) is 72.5 Å². The quantitative estimate of drug-likeness (QED) is 0.668. The van der Waals surface area contributed by atoms with E-state index in [2.05, 4.69) is 0 Å². The van der Waals surface area contributed by atoms with Crippen LogP contribution >= 0.6 is 0 Å².